The lowest BCUT2D eigenvalue weighted by Gasteiger charge is -2.07. The minimum Gasteiger partial charge on any atom is -0.478 e. The number of rotatable bonds is 4. The molecule has 0 amide bonds. The van der Waals surface area contributed by atoms with Crippen LogP contribution in [-0.4, -0.2) is 20.6 Å². The molecule has 0 radical (unpaired) electrons. The highest BCUT2D eigenvalue weighted by Crippen LogP contribution is 2.25. The number of ether oxygens (including phenoxy) is 1. The van der Waals surface area contributed by atoms with Crippen molar-refractivity contribution in [2.24, 2.45) is 0 Å². The molecule has 2 rings (SSSR count). The Morgan fingerprint density at radius 3 is 3.00 bits per heavy atom. The van der Waals surface area contributed by atoms with Crippen LogP contribution in [0.3, 0.4) is 0 Å². The van der Waals surface area contributed by atoms with Crippen LogP contribution in [0.25, 0.3) is 0 Å². The molecular formula is C12H11ClN2O3. The van der Waals surface area contributed by atoms with Crippen LogP contribution in [0.4, 0.5) is 0 Å². The van der Waals surface area contributed by atoms with Crippen LogP contribution >= 0.6 is 11.6 Å². The largest absolute Gasteiger partial charge is 0.478 e. The molecule has 0 bridgehead atoms. The molecule has 0 spiro atoms. The van der Waals surface area contributed by atoms with Gasteiger partial charge in [0.15, 0.2) is 0 Å². The van der Waals surface area contributed by atoms with Gasteiger partial charge in [-0.15, -0.1) is 0 Å². The highest BCUT2D eigenvalue weighted by molar-refractivity contribution is 6.33. The lowest BCUT2D eigenvalue weighted by atomic mass is 10.2. The van der Waals surface area contributed by atoms with E-state index in [0.29, 0.717) is 18.3 Å². The Morgan fingerprint density at radius 2 is 2.33 bits per heavy atom. The summed E-state index contributed by atoms with van der Waals surface area (Å²) in [5.41, 5.74) is 0.00349. The van der Waals surface area contributed by atoms with Crippen molar-refractivity contribution in [2.45, 2.75) is 13.5 Å². The lowest BCUT2D eigenvalue weighted by molar-refractivity contribution is 0.0696. The zero-order valence-corrected chi connectivity index (χ0v) is 10.4. The van der Waals surface area contributed by atoms with E-state index in [1.54, 1.807) is 23.0 Å². The van der Waals surface area contributed by atoms with Gasteiger partial charge in [-0.1, -0.05) is 11.6 Å². The van der Waals surface area contributed by atoms with Crippen LogP contribution in [0.2, 0.25) is 5.02 Å². The molecule has 1 N–H and O–H groups in total. The number of imidazole rings is 1. The van der Waals surface area contributed by atoms with Gasteiger partial charge in [-0.2, -0.15) is 0 Å². The van der Waals surface area contributed by atoms with Gasteiger partial charge in [0.25, 0.3) is 0 Å². The summed E-state index contributed by atoms with van der Waals surface area (Å²) < 4.78 is 7.32. The first kappa shape index (κ1) is 12.4. The van der Waals surface area contributed by atoms with Crippen LogP contribution in [0.5, 0.6) is 11.8 Å². The maximum Gasteiger partial charge on any atom is 0.337 e. The summed E-state index contributed by atoms with van der Waals surface area (Å²) in [5, 5.41) is 9.13. The van der Waals surface area contributed by atoms with Crippen molar-refractivity contribution >= 4 is 17.6 Å². The van der Waals surface area contributed by atoms with Crippen molar-refractivity contribution in [3.63, 3.8) is 0 Å². The second-order valence-electron chi connectivity index (χ2n) is 3.54. The van der Waals surface area contributed by atoms with E-state index in [0.717, 1.165) is 0 Å². The van der Waals surface area contributed by atoms with E-state index in [-0.39, 0.29) is 10.6 Å². The fourth-order valence-corrected chi connectivity index (χ4v) is 1.68. The molecule has 94 valence electrons. The standard InChI is InChI=1S/C12H11ClN2O3/c1-2-15-6-5-14-12(15)18-8-3-4-10(13)9(7-8)11(16)17/h3-7H,2H2,1H3,(H,16,17). The smallest absolute Gasteiger partial charge is 0.337 e. The van der Waals surface area contributed by atoms with Gasteiger partial charge in [-0.05, 0) is 25.1 Å². The monoisotopic (exact) mass is 266 g/mol. The Bertz CT molecular complexity index is 580. The van der Waals surface area contributed by atoms with Gasteiger partial charge in [-0.25, -0.2) is 9.78 Å². The zero-order valence-electron chi connectivity index (χ0n) is 9.63. The maximum absolute atomic E-state index is 10.9. The summed E-state index contributed by atoms with van der Waals surface area (Å²) >= 11 is 5.77. The molecule has 6 heteroatoms. The van der Waals surface area contributed by atoms with Crippen LogP contribution in [0.1, 0.15) is 17.3 Å². The molecule has 5 nitrogen and oxygen atoms in total. The number of aryl methyl sites for hydroxylation is 1. The van der Waals surface area contributed by atoms with Crippen LogP contribution in [-0.2, 0) is 6.54 Å². The van der Waals surface area contributed by atoms with Gasteiger partial charge in [0.2, 0.25) is 0 Å². The Kier molecular flexibility index (Phi) is 3.53. The second kappa shape index (κ2) is 5.10. The number of aromatic carboxylic acids is 1. The van der Waals surface area contributed by atoms with Crippen molar-refractivity contribution in [3.8, 4) is 11.8 Å². The number of hydrogen-bond acceptors (Lipinski definition) is 3. The number of nitrogens with zero attached hydrogens (tertiary/aromatic N) is 2. The lowest BCUT2D eigenvalue weighted by Crippen LogP contribution is -2.00. The summed E-state index contributed by atoms with van der Waals surface area (Å²) in [4.78, 5) is 15.0. The third kappa shape index (κ3) is 2.46. The number of benzene rings is 1. The summed E-state index contributed by atoms with van der Waals surface area (Å²) in [6.45, 7) is 2.67. The van der Waals surface area contributed by atoms with Gasteiger partial charge < -0.3 is 14.4 Å². The number of aromatic nitrogens is 2. The van der Waals surface area contributed by atoms with E-state index in [2.05, 4.69) is 4.98 Å². The van der Waals surface area contributed by atoms with E-state index in [1.165, 1.54) is 12.1 Å². The predicted octanol–water partition coefficient (Wildman–Crippen LogP) is 3.05. The summed E-state index contributed by atoms with van der Waals surface area (Å²) in [7, 11) is 0. The number of carboxylic acid groups (broad SMARTS) is 1. The average Bonchev–Trinajstić information content (AvgIpc) is 2.78. The minimum absolute atomic E-state index is 0.00349. The molecule has 1 aromatic carbocycles. The van der Waals surface area contributed by atoms with Crippen molar-refractivity contribution in [3.05, 3.63) is 41.2 Å². The second-order valence-corrected chi connectivity index (χ2v) is 3.95. The Labute approximate surface area is 109 Å². The number of halogens is 1. The van der Waals surface area contributed by atoms with E-state index in [9.17, 15) is 4.79 Å². The normalized spacial score (nSPS) is 10.3. The Hall–Kier alpha value is -2.01. The molecular weight excluding hydrogens is 256 g/mol. The van der Waals surface area contributed by atoms with Crippen molar-refractivity contribution in [1.82, 2.24) is 9.55 Å². The topological polar surface area (TPSA) is 64.4 Å². The quantitative estimate of drug-likeness (QED) is 0.924. The highest BCUT2D eigenvalue weighted by Gasteiger charge is 2.11. The molecule has 0 saturated carbocycles. The molecule has 1 heterocycles. The van der Waals surface area contributed by atoms with Gasteiger partial charge in [-0.3, -0.25) is 0 Å². The van der Waals surface area contributed by atoms with E-state index >= 15 is 0 Å². The van der Waals surface area contributed by atoms with Crippen molar-refractivity contribution in [2.75, 3.05) is 0 Å². The van der Waals surface area contributed by atoms with Crippen molar-refractivity contribution in [1.29, 1.82) is 0 Å². The fraction of sp³-hybridized carbons (Fsp3) is 0.167. The highest BCUT2D eigenvalue weighted by atomic mass is 35.5. The van der Waals surface area contributed by atoms with Gasteiger partial charge >= 0.3 is 12.0 Å². The van der Waals surface area contributed by atoms with Gasteiger partial charge in [0.05, 0.1) is 10.6 Å². The molecule has 0 aliphatic carbocycles. The third-order valence-corrected chi connectivity index (χ3v) is 2.72. The molecule has 18 heavy (non-hydrogen) atoms. The maximum atomic E-state index is 10.9. The molecule has 0 fully saturated rings. The van der Waals surface area contributed by atoms with E-state index in [1.807, 2.05) is 6.92 Å². The molecule has 0 aliphatic heterocycles. The molecule has 0 aliphatic rings. The first-order chi connectivity index (χ1) is 8.61. The molecule has 0 unspecified atom stereocenters. The Morgan fingerprint density at radius 1 is 1.56 bits per heavy atom. The molecule has 1 aromatic heterocycles. The van der Waals surface area contributed by atoms with Crippen LogP contribution < -0.4 is 4.74 Å². The number of carboxylic acids is 1. The van der Waals surface area contributed by atoms with E-state index in [4.69, 9.17) is 21.4 Å². The summed E-state index contributed by atoms with van der Waals surface area (Å²) in [5.74, 6) is -0.706. The Balaban J connectivity index is 2.30. The molecule has 0 atom stereocenters. The van der Waals surface area contributed by atoms with Crippen molar-refractivity contribution < 1.29 is 14.6 Å². The third-order valence-electron chi connectivity index (χ3n) is 2.40. The fourth-order valence-electron chi connectivity index (χ4n) is 1.48. The first-order valence-electron chi connectivity index (χ1n) is 5.33. The average molecular weight is 267 g/mol. The number of hydrogen-bond donors (Lipinski definition) is 1. The molecule has 0 saturated heterocycles. The summed E-state index contributed by atoms with van der Waals surface area (Å²) in [6.07, 6.45) is 3.40. The predicted molar refractivity (Wildman–Crippen MR) is 66.4 cm³/mol. The zero-order chi connectivity index (χ0) is 13.1. The van der Waals surface area contributed by atoms with Gasteiger partial charge in [0.1, 0.15) is 5.75 Å². The summed E-state index contributed by atoms with van der Waals surface area (Å²) in [6, 6.07) is 4.87. The first-order valence-corrected chi connectivity index (χ1v) is 5.71. The molecule has 2 aromatic rings. The van der Waals surface area contributed by atoms with E-state index < -0.39 is 5.97 Å². The van der Waals surface area contributed by atoms with Crippen LogP contribution in [0.15, 0.2) is 30.6 Å². The minimum atomic E-state index is -1.09. The van der Waals surface area contributed by atoms with Crippen LogP contribution in [0, 0.1) is 0 Å². The van der Waals surface area contributed by atoms with Gasteiger partial charge in [0, 0.05) is 18.9 Å². The number of carbonyl (C=O) groups is 1. The SMILES string of the molecule is CCn1ccnc1Oc1ccc(Cl)c(C(=O)O)c1.